The van der Waals surface area contributed by atoms with Gasteiger partial charge in [0.2, 0.25) is 5.91 Å². The van der Waals surface area contributed by atoms with E-state index in [-0.39, 0.29) is 5.91 Å². The van der Waals surface area contributed by atoms with Crippen LogP contribution in [-0.2, 0) is 4.79 Å². The first-order chi connectivity index (χ1) is 5.70. The van der Waals surface area contributed by atoms with Gasteiger partial charge < -0.3 is 5.32 Å². The minimum Gasteiger partial charge on any atom is -0.356 e. The molecule has 0 saturated carbocycles. The van der Waals surface area contributed by atoms with Gasteiger partial charge in [-0.2, -0.15) is 0 Å². The average molecular weight is 171 g/mol. The lowest BCUT2D eigenvalue weighted by atomic mass is 9.97. The van der Waals surface area contributed by atoms with Gasteiger partial charge in [-0.1, -0.05) is 33.1 Å². The zero-order valence-electron chi connectivity index (χ0n) is 8.52. The highest BCUT2D eigenvalue weighted by molar-refractivity contribution is 5.72. The first-order valence-electron chi connectivity index (χ1n) is 4.95. The number of rotatable bonds is 6. The monoisotopic (exact) mass is 171 g/mol. The van der Waals surface area contributed by atoms with Gasteiger partial charge in [0.1, 0.15) is 0 Å². The molecule has 72 valence electrons. The Kier molecular flexibility index (Phi) is 6.82. The second-order valence-corrected chi connectivity index (χ2v) is 3.33. The second kappa shape index (κ2) is 7.14. The van der Waals surface area contributed by atoms with Crippen LogP contribution in [0.25, 0.3) is 0 Å². The number of carbonyl (C=O) groups excluding carboxylic acids is 1. The lowest BCUT2D eigenvalue weighted by Crippen LogP contribution is -2.22. The van der Waals surface area contributed by atoms with E-state index in [1.54, 1.807) is 6.92 Å². The molecule has 0 aromatic heterocycles. The zero-order valence-corrected chi connectivity index (χ0v) is 8.52. The first-order valence-corrected chi connectivity index (χ1v) is 4.95. The van der Waals surface area contributed by atoms with Crippen LogP contribution >= 0.6 is 0 Å². The van der Waals surface area contributed by atoms with Crippen LogP contribution < -0.4 is 5.32 Å². The summed E-state index contributed by atoms with van der Waals surface area (Å²) in [7, 11) is 0. The van der Waals surface area contributed by atoms with Crippen molar-refractivity contribution in [1.29, 1.82) is 0 Å². The highest BCUT2D eigenvalue weighted by atomic mass is 16.1. The molecule has 0 aliphatic carbocycles. The van der Waals surface area contributed by atoms with E-state index < -0.39 is 0 Å². The first kappa shape index (κ1) is 11.5. The van der Waals surface area contributed by atoms with Crippen molar-refractivity contribution in [3.8, 4) is 0 Å². The summed E-state index contributed by atoms with van der Waals surface area (Å²) in [5.74, 6) is 0.878. The van der Waals surface area contributed by atoms with Crippen molar-refractivity contribution in [2.75, 3.05) is 6.54 Å². The number of hydrogen-bond donors (Lipinski definition) is 1. The van der Waals surface area contributed by atoms with Crippen LogP contribution in [0.4, 0.5) is 0 Å². The van der Waals surface area contributed by atoms with Gasteiger partial charge >= 0.3 is 0 Å². The van der Waals surface area contributed by atoms with E-state index in [1.807, 2.05) is 0 Å². The average Bonchev–Trinajstić information content (AvgIpc) is 2.02. The van der Waals surface area contributed by atoms with Crippen molar-refractivity contribution in [3.63, 3.8) is 0 Å². The standard InChI is InChI=1S/C10H21NO/c1-4-6-10(5-2)7-8-11-9(3)12/h10H,4-8H2,1-3H3,(H,11,12). The Bertz CT molecular complexity index is 123. The number of carbonyl (C=O) groups is 1. The molecule has 0 bridgehead atoms. The minimum absolute atomic E-state index is 0.0846. The van der Waals surface area contributed by atoms with Crippen molar-refractivity contribution in [2.45, 2.75) is 46.5 Å². The molecule has 0 aromatic rings. The molecule has 0 aliphatic heterocycles. The third kappa shape index (κ3) is 6.20. The second-order valence-electron chi connectivity index (χ2n) is 3.33. The Labute approximate surface area is 75.7 Å². The Morgan fingerprint density at radius 1 is 1.33 bits per heavy atom. The Balaban J connectivity index is 3.37. The maximum atomic E-state index is 10.6. The van der Waals surface area contributed by atoms with Crippen molar-refractivity contribution >= 4 is 5.91 Å². The number of hydrogen-bond acceptors (Lipinski definition) is 1. The van der Waals surface area contributed by atoms with Gasteiger partial charge in [0, 0.05) is 13.5 Å². The lowest BCUT2D eigenvalue weighted by molar-refractivity contribution is -0.119. The smallest absolute Gasteiger partial charge is 0.216 e. The van der Waals surface area contributed by atoms with Crippen molar-refractivity contribution in [2.24, 2.45) is 5.92 Å². The summed E-state index contributed by atoms with van der Waals surface area (Å²) in [5.41, 5.74) is 0. The molecular weight excluding hydrogens is 150 g/mol. The normalized spacial score (nSPS) is 12.6. The van der Waals surface area contributed by atoms with Crippen LogP contribution in [0.15, 0.2) is 0 Å². The number of nitrogens with one attached hydrogen (secondary N) is 1. The fourth-order valence-electron chi connectivity index (χ4n) is 1.41. The highest BCUT2D eigenvalue weighted by Crippen LogP contribution is 2.13. The van der Waals surface area contributed by atoms with Gasteiger partial charge in [0.15, 0.2) is 0 Å². The summed E-state index contributed by atoms with van der Waals surface area (Å²) in [6, 6.07) is 0. The molecule has 0 aromatic carbocycles. The van der Waals surface area contributed by atoms with E-state index in [1.165, 1.54) is 19.3 Å². The highest BCUT2D eigenvalue weighted by Gasteiger charge is 2.04. The summed E-state index contributed by atoms with van der Waals surface area (Å²) in [4.78, 5) is 10.6. The van der Waals surface area contributed by atoms with Crippen LogP contribution in [0.3, 0.4) is 0 Å². The van der Waals surface area contributed by atoms with E-state index in [2.05, 4.69) is 19.2 Å². The maximum Gasteiger partial charge on any atom is 0.216 e. The molecule has 0 rings (SSSR count). The van der Waals surface area contributed by atoms with Crippen LogP contribution in [0, 0.1) is 5.92 Å². The lowest BCUT2D eigenvalue weighted by Gasteiger charge is -2.13. The molecule has 12 heavy (non-hydrogen) atoms. The van der Waals surface area contributed by atoms with Crippen LogP contribution in [0.1, 0.15) is 46.5 Å². The summed E-state index contributed by atoms with van der Waals surface area (Å²) >= 11 is 0. The Morgan fingerprint density at radius 2 is 2.00 bits per heavy atom. The maximum absolute atomic E-state index is 10.6. The minimum atomic E-state index is 0.0846. The van der Waals surface area contributed by atoms with E-state index in [0.29, 0.717) is 0 Å². The van der Waals surface area contributed by atoms with E-state index >= 15 is 0 Å². The van der Waals surface area contributed by atoms with Gasteiger partial charge in [-0.3, -0.25) is 4.79 Å². The third-order valence-electron chi connectivity index (χ3n) is 2.20. The molecule has 0 aliphatic rings. The molecule has 0 fully saturated rings. The molecule has 1 atom stereocenters. The van der Waals surface area contributed by atoms with Gasteiger partial charge in [0.05, 0.1) is 0 Å². The molecule has 0 heterocycles. The predicted molar refractivity (Wildman–Crippen MR) is 52.0 cm³/mol. The molecule has 0 spiro atoms. The summed E-state index contributed by atoms with van der Waals surface area (Å²) in [6.07, 6.45) is 4.89. The predicted octanol–water partition coefficient (Wildman–Crippen LogP) is 2.34. The van der Waals surface area contributed by atoms with E-state index in [4.69, 9.17) is 0 Å². The molecule has 1 N–H and O–H groups in total. The van der Waals surface area contributed by atoms with Gasteiger partial charge in [-0.15, -0.1) is 0 Å². The summed E-state index contributed by atoms with van der Waals surface area (Å²) in [6.45, 7) is 6.84. The molecule has 0 radical (unpaired) electrons. The van der Waals surface area contributed by atoms with Gasteiger partial charge in [-0.25, -0.2) is 0 Å². The van der Waals surface area contributed by atoms with E-state index in [0.717, 1.165) is 18.9 Å². The van der Waals surface area contributed by atoms with Gasteiger partial charge in [0.25, 0.3) is 0 Å². The van der Waals surface area contributed by atoms with E-state index in [9.17, 15) is 4.79 Å². The molecular formula is C10H21NO. The van der Waals surface area contributed by atoms with Crippen LogP contribution in [0.5, 0.6) is 0 Å². The topological polar surface area (TPSA) is 29.1 Å². The number of amides is 1. The summed E-state index contributed by atoms with van der Waals surface area (Å²) in [5, 5.41) is 2.83. The molecule has 2 heteroatoms. The van der Waals surface area contributed by atoms with Crippen LogP contribution in [-0.4, -0.2) is 12.5 Å². The molecule has 1 unspecified atom stereocenters. The fourth-order valence-corrected chi connectivity index (χ4v) is 1.41. The Hall–Kier alpha value is -0.530. The van der Waals surface area contributed by atoms with Crippen molar-refractivity contribution < 1.29 is 4.79 Å². The molecule has 1 amide bonds. The quantitative estimate of drug-likeness (QED) is 0.653. The van der Waals surface area contributed by atoms with Crippen LogP contribution in [0.2, 0.25) is 0 Å². The zero-order chi connectivity index (χ0) is 9.40. The molecule has 0 saturated heterocycles. The van der Waals surface area contributed by atoms with Crippen molar-refractivity contribution in [1.82, 2.24) is 5.32 Å². The largest absolute Gasteiger partial charge is 0.356 e. The fraction of sp³-hybridized carbons (Fsp3) is 0.900. The SMILES string of the molecule is CCCC(CC)CCNC(C)=O. The Morgan fingerprint density at radius 3 is 2.42 bits per heavy atom. The third-order valence-corrected chi connectivity index (χ3v) is 2.20. The molecule has 2 nitrogen and oxygen atoms in total. The summed E-state index contributed by atoms with van der Waals surface area (Å²) < 4.78 is 0. The van der Waals surface area contributed by atoms with Gasteiger partial charge in [-0.05, 0) is 12.3 Å². The van der Waals surface area contributed by atoms with Crippen molar-refractivity contribution in [3.05, 3.63) is 0 Å².